The van der Waals surface area contributed by atoms with E-state index in [0.717, 1.165) is 31.6 Å². The van der Waals surface area contributed by atoms with Gasteiger partial charge in [-0.25, -0.2) is 13.1 Å². The normalized spacial score (nSPS) is 23.7. The third-order valence-electron chi connectivity index (χ3n) is 4.18. The van der Waals surface area contributed by atoms with E-state index in [9.17, 15) is 13.5 Å². The number of hydrogen-bond donors (Lipinski definition) is 2. The predicted molar refractivity (Wildman–Crippen MR) is 78.7 cm³/mol. The number of sulfonamides is 1. The van der Waals surface area contributed by atoms with Crippen LogP contribution in [0, 0.1) is 5.92 Å². The summed E-state index contributed by atoms with van der Waals surface area (Å²) in [5.41, 5.74) is 0.447. The number of rotatable bonds is 5. The van der Waals surface area contributed by atoms with Crippen LogP contribution in [-0.4, -0.2) is 19.6 Å². The van der Waals surface area contributed by atoms with Gasteiger partial charge in [-0.1, -0.05) is 31.5 Å². The molecule has 0 radical (unpaired) electrons. The molecule has 0 bridgehead atoms. The molecule has 1 saturated carbocycles. The Hall–Kier alpha value is -0.910. The van der Waals surface area contributed by atoms with E-state index in [1.54, 1.807) is 24.3 Å². The minimum absolute atomic E-state index is 0.0227. The molecule has 5 heteroatoms. The van der Waals surface area contributed by atoms with Crippen molar-refractivity contribution in [1.82, 2.24) is 4.72 Å². The SMILES string of the molecule is CCC1CCC(NS(=O)(=O)c2ccccc2CO)CC1. The van der Waals surface area contributed by atoms with E-state index in [1.807, 2.05) is 0 Å². The van der Waals surface area contributed by atoms with Crippen LogP contribution in [0.1, 0.15) is 44.6 Å². The number of hydrogen-bond acceptors (Lipinski definition) is 3. The highest BCUT2D eigenvalue weighted by molar-refractivity contribution is 7.89. The molecule has 1 aliphatic carbocycles. The molecule has 0 amide bonds. The quantitative estimate of drug-likeness (QED) is 0.877. The third kappa shape index (κ3) is 3.59. The van der Waals surface area contributed by atoms with Gasteiger partial charge in [-0.2, -0.15) is 0 Å². The highest BCUT2D eigenvalue weighted by Gasteiger charge is 2.26. The summed E-state index contributed by atoms with van der Waals surface area (Å²) in [5, 5.41) is 9.26. The minimum atomic E-state index is -3.54. The highest BCUT2D eigenvalue weighted by atomic mass is 32.2. The second-order valence-corrected chi connectivity index (χ2v) is 7.20. The van der Waals surface area contributed by atoms with Gasteiger partial charge in [0.25, 0.3) is 0 Å². The maximum absolute atomic E-state index is 12.4. The Morgan fingerprint density at radius 1 is 1.20 bits per heavy atom. The van der Waals surface area contributed by atoms with Gasteiger partial charge >= 0.3 is 0 Å². The summed E-state index contributed by atoms with van der Waals surface area (Å²) < 4.78 is 27.6. The second kappa shape index (κ2) is 6.70. The Morgan fingerprint density at radius 2 is 1.85 bits per heavy atom. The van der Waals surface area contributed by atoms with Crippen LogP contribution in [0.25, 0.3) is 0 Å². The Morgan fingerprint density at radius 3 is 2.45 bits per heavy atom. The molecule has 20 heavy (non-hydrogen) atoms. The minimum Gasteiger partial charge on any atom is -0.392 e. The lowest BCUT2D eigenvalue weighted by atomic mass is 9.85. The van der Waals surface area contributed by atoms with E-state index in [2.05, 4.69) is 11.6 Å². The van der Waals surface area contributed by atoms with Crippen LogP contribution in [0.5, 0.6) is 0 Å². The van der Waals surface area contributed by atoms with Gasteiger partial charge in [0, 0.05) is 6.04 Å². The van der Waals surface area contributed by atoms with E-state index in [0.29, 0.717) is 5.56 Å². The molecule has 1 aromatic rings. The maximum Gasteiger partial charge on any atom is 0.241 e. The zero-order chi connectivity index (χ0) is 14.6. The molecule has 4 nitrogen and oxygen atoms in total. The second-order valence-electron chi connectivity index (χ2n) is 5.51. The summed E-state index contributed by atoms with van der Waals surface area (Å²) in [7, 11) is -3.54. The molecule has 0 unspecified atom stereocenters. The molecule has 0 atom stereocenters. The standard InChI is InChI=1S/C15H23NO3S/c1-2-12-7-9-14(10-8-12)16-20(18,19)15-6-4-3-5-13(15)11-17/h3-6,12,14,16-17H,2,7-11H2,1H3. The van der Waals surface area contributed by atoms with Gasteiger partial charge in [0.15, 0.2) is 0 Å². The summed E-state index contributed by atoms with van der Waals surface area (Å²) in [5.74, 6) is 0.737. The van der Waals surface area contributed by atoms with Crippen LogP contribution in [0.15, 0.2) is 29.2 Å². The number of nitrogens with one attached hydrogen (secondary N) is 1. The van der Waals surface area contributed by atoms with Crippen LogP contribution >= 0.6 is 0 Å². The van der Waals surface area contributed by atoms with Crippen molar-refractivity contribution < 1.29 is 13.5 Å². The molecule has 2 N–H and O–H groups in total. The first-order valence-corrected chi connectivity index (χ1v) is 8.76. The number of aliphatic hydroxyl groups excluding tert-OH is 1. The third-order valence-corrected chi connectivity index (χ3v) is 5.80. The molecular weight excluding hydrogens is 274 g/mol. The summed E-state index contributed by atoms with van der Waals surface area (Å²) in [6, 6.07) is 6.63. The van der Waals surface area contributed by atoms with Crippen molar-refractivity contribution in [2.75, 3.05) is 0 Å². The topological polar surface area (TPSA) is 66.4 Å². The van der Waals surface area contributed by atoms with Crippen molar-refractivity contribution in [2.24, 2.45) is 5.92 Å². The number of aliphatic hydroxyl groups is 1. The van der Waals surface area contributed by atoms with Gasteiger partial charge in [-0.15, -0.1) is 0 Å². The molecule has 1 aliphatic rings. The van der Waals surface area contributed by atoms with Crippen LogP contribution in [0.4, 0.5) is 0 Å². The van der Waals surface area contributed by atoms with Crippen LogP contribution in [-0.2, 0) is 16.6 Å². The van der Waals surface area contributed by atoms with Crippen molar-refractivity contribution in [3.8, 4) is 0 Å². The smallest absolute Gasteiger partial charge is 0.241 e. The average molecular weight is 297 g/mol. The molecule has 112 valence electrons. The first-order chi connectivity index (χ1) is 9.56. The Labute approximate surface area is 121 Å². The highest BCUT2D eigenvalue weighted by Crippen LogP contribution is 2.27. The first kappa shape index (κ1) is 15.5. The fourth-order valence-electron chi connectivity index (χ4n) is 2.87. The fourth-order valence-corrected chi connectivity index (χ4v) is 4.41. The van der Waals surface area contributed by atoms with Crippen molar-refractivity contribution in [3.05, 3.63) is 29.8 Å². The molecule has 2 rings (SSSR count). The van der Waals surface area contributed by atoms with Gasteiger partial charge in [0.05, 0.1) is 11.5 Å². The molecule has 0 saturated heterocycles. The van der Waals surface area contributed by atoms with Gasteiger partial charge in [0.1, 0.15) is 0 Å². The van der Waals surface area contributed by atoms with E-state index < -0.39 is 10.0 Å². The van der Waals surface area contributed by atoms with E-state index >= 15 is 0 Å². The number of benzene rings is 1. The Kier molecular flexibility index (Phi) is 5.18. The average Bonchev–Trinajstić information content (AvgIpc) is 2.47. The van der Waals surface area contributed by atoms with Crippen molar-refractivity contribution >= 4 is 10.0 Å². The lowest BCUT2D eigenvalue weighted by Gasteiger charge is -2.28. The predicted octanol–water partition coefficient (Wildman–Crippen LogP) is 2.43. The summed E-state index contributed by atoms with van der Waals surface area (Å²) in [6.45, 7) is 1.92. The zero-order valence-corrected chi connectivity index (χ0v) is 12.7. The van der Waals surface area contributed by atoms with Gasteiger partial charge < -0.3 is 5.11 Å². The van der Waals surface area contributed by atoms with Crippen molar-refractivity contribution in [1.29, 1.82) is 0 Å². The molecule has 0 heterocycles. The molecule has 1 aromatic carbocycles. The Balaban J connectivity index is 2.08. The van der Waals surface area contributed by atoms with Crippen LogP contribution in [0.2, 0.25) is 0 Å². The molecule has 0 aliphatic heterocycles. The van der Waals surface area contributed by atoms with Gasteiger partial charge in [-0.3, -0.25) is 0 Å². The van der Waals surface area contributed by atoms with E-state index in [-0.39, 0.29) is 17.5 Å². The van der Waals surface area contributed by atoms with Crippen LogP contribution in [0.3, 0.4) is 0 Å². The molecular formula is C15H23NO3S. The van der Waals surface area contributed by atoms with Gasteiger partial charge in [-0.05, 0) is 43.2 Å². The molecule has 1 fully saturated rings. The molecule has 0 spiro atoms. The first-order valence-electron chi connectivity index (χ1n) is 7.28. The summed E-state index contributed by atoms with van der Waals surface area (Å²) in [6.07, 6.45) is 5.15. The lowest BCUT2D eigenvalue weighted by Crippen LogP contribution is -2.37. The summed E-state index contributed by atoms with van der Waals surface area (Å²) >= 11 is 0. The zero-order valence-electron chi connectivity index (χ0n) is 11.9. The van der Waals surface area contributed by atoms with Crippen molar-refractivity contribution in [2.45, 2.75) is 56.6 Å². The monoisotopic (exact) mass is 297 g/mol. The van der Waals surface area contributed by atoms with E-state index in [4.69, 9.17) is 0 Å². The summed E-state index contributed by atoms with van der Waals surface area (Å²) in [4.78, 5) is 0.195. The maximum atomic E-state index is 12.4. The van der Waals surface area contributed by atoms with Gasteiger partial charge in [0.2, 0.25) is 10.0 Å². The molecule has 0 aromatic heterocycles. The Bertz CT molecular complexity index is 534. The largest absolute Gasteiger partial charge is 0.392 e. The lowest BCUT2D eigenvalue weighted by molar-refractivity contribution is 0.278. The van der Waals surface area contributed by atoms with E-state index in [1.165, 1.54) is 6.42 Å². The van der Waals surface area contributed by atoms with Crippen LogP contribution < -0.4 is 4.72 Å². The van der Waals surface area contributed by atoms with Crippen molar-refractivity contribution in [3.63, 3.8) is 0 Å². The fraction of sp³-hybridized carbons (Fsp3) is 0.600.